The van der Waals surface area contributed by atoms with E-state index in [4.69, 9.17) is 0 Å². The van der Waals surface area contributed by atoms with Crippen molar-refractivity contribution in [3.05, 3.63) is 168 Å². The van der Waals surface area contributed by atoms with Gasteiger partial charge < -0.3 is 9.99 Å². The van der Waals surface area contributed by atoms with Crippen molar-refractivity contribution in [2.24, 2.45) is 5.10 Å². The van der Waals surface area contributed by atoms with Crippen molar-refractivity contribution in [1.82, 2.24) is 14.6 Å². The van der Waals surface area contributed by atoms with Crippen LogP contribution in [-0.4, -0.2) is 15.5 Å². The number of hydrazone groups is 1. The van der Waals surface area contributed by atoms with Crippen LogP contribution in [0.4, 0.5) is 0 Å². The molecule has 9 rings (SSSR count). The van der Waals surface area contributed by atoms with Crippen molar-refractivity contribution in [3.63, 3.8) is 0 Å². The summed E-state index contributed by atoms with van der Waals surface area (Å²) in [5.74, 6) is 0. The third kappa shape index (κ3) is 4.90. The lowest BCUT2D eigenvalue weighted by molar-refractivity contribution is 0.744. The van der Waals surface area contributed by atoms with Gasteiger partial charge in [-0.05, 0) is 89.2 Å². The van der Waals surface area contributed by atoms with Gasteiger partial charge in [-0.1, -0.05) is 109 Å². The summed E-state index contributed by atoms with van der Waals surface area (Å²) >= 11 is 0. The Kier molecular flexibility index (Phi) is 6.98. The third-order valence-electron chi connectivity index (χ3n) is 9.59. The van der Waals surface area contributed by atoms with Crippen LogP contribution >= 0.6 is 0 Å². The van der Waals surface area contributed by atoms with Crippen molar-refractivity contribution < 1.29 is 0 Å². The average molecular weight is 619 g/mol. The van der Waals surface area contributed by atoms with Crippen LogP contribution in [0.3, 0.4) is 0 Å². The molecule has 0 aliphatic heterocycles. The van der Waals surface area contributed by atoms with E-state index in [0.717, 1.165) is 23.9 Å². The molecule has 0 spiro atoms. The number of allylic oxidation sites excluding steroid dienone is 1. The van der Waals surface area contributed by atoms with Crippen molar-refractivity contribution in [3.8, 4) is 27.9 Å². The molecule has 0 fully saturated rings. The van der Waals surface area contributed by atoms with Gasteiger partial charge in [0.25, 0.3) is 0 Å². The molecule has 1 aliphatic carbocycles. The molecular weight excluding hydrogens is 585 g/mol. The molecule has 6 aromatic carbocycles. The smallest absolute Gasteiger partial charge is 0.120 e. The van der Waals surface area contributed by atoms with E-state index in [9.17, 15) is 0 Å². The fourth-order valence-electron chi connectivity index (χ4n) is 7.27. The Hall–Kier alpha value is -6.13. The van der Waals surface area contributed by atoms with E-state index >= 15 is 0 Å². The zero-order valence-electron chi connectivity index (χ0n) is 26.6. The first-order chi connectivity index (χ1) is 23.8. The Morgan fingerprint density at radius 2 is 1.17 bits per heavy atom. The second-order valence-corrected chi connectivity index (χ2v) is 12.5. The van der Waals surface area contributed by atoms with Crippen molar-refractivity contribution >= 4 is 45.1 Å². The third-order valence-corrected chi connectivity index (χ3v) is 9.59. The van der Waals surface area contributed by atoms with Gasteiger partial charge in [0.15, 0.2) is 0 Å². The number of hydrogen-bond donors (Lipinski definition) is 1. The van der Waals surface area contributed by atoms with E-state index < -0.39 is 0 Å². The molecule has 0 atom stereocenters. The van der Waals surface area contributed by atoms with Crippen LogP contribution in [0.1, 0.15) is 23.2 Å². The van der Waals surface area contributed by atoms with Gasteiger partial charge in [-0.3, -0.25) is 4.57 Å². The van der Waals surface area contributed by atoms with Crippen LogP contribution < -0.4 is 5.43 Å². The van der Waals surface area contributed by atoms with Crippen molar-refractivity contribution in [2.75, 3.05) is 0 Å². The Morgan fingerprint density at radius 1 is 0.583 bits per heavy atom. The van der Waals surface area contributed by atoms with Crippen molar-refractivity contribution in [2.45, 2.75) is 19.4 Å². The SMILES string of the molecule is C1=Cc2c(n(-c3ccccc3)c3ccc(-c4ccc5c(c4)c4cc(-c6ccccc6)ccc4n5/C=N/NCc4ccccc4)cc23)CC1. The van der Waals surface area contributed by atoms with Crippen LogP contribution in [0.15, 0.2) is 157 Å². The summed E-state index contributed by atoms with van der Waals surface area (Å²) in [6.45, 7) is 0.671. The zero-order chi connectivity index (χ0) is 31.9. The normalized spacial score (nSPS) is 12.8. The number of nitrogens with one attached hydrogen (secondary N) is 1. The molecular formula is C44H34N4. The summed E-state index contributed by atoms with van der Waals surface area (Å²) < 4.78 is 4.65. The van der Waals surface area contributed by atoms with Gasteiger partial charge in [-0.15, -0.1) is 0 Å². The standard InChI is InChI=1S/C44H34N4/c1-4-12-31(13-5-1)29-45-46-30-47-41-23-20-33(32-14-6-2-7-15-32)26-39(41)40-28-34(21-24-42(40)47)35-22-25-44-38(27-35)37-18-10-11-19-43(37)48(44)36-16-8-3-9-17-36/h1-10,12-18,20-28,30,45H,11,19,29H2/b46-30+. The minimum absolute atomic E-state index is 0.671. The first kappa shape index (κ1) is 28.1. The maximum atomic E-state index is 4.65. The van der Waals surface area contributed by atoms with Crippen LogP contribution in [0, 0.1) is 0 Å². The summed E-state index contributed by atoms with van der Waals surface area (Å²) in [4.78, 5) is 0. The maximum Gasteiger partial charge on any atom is 0.120 e. The second-order valence-electron chi connectivity index (χ2n) is 12.5. The quantitative estimate of drug-likeness (QED) is 0.108. The van der Waals surface area contributed by atoms with Gasteiger partial charge >= 0.3 is 0 Å². The molecule has 0 saturated carbocycles. The van der Waals surface area contributed by atoms with Gasteiger partial charge in [-0.25, -0.2) is 0 Å². The fourth-order valence-corrected chi connectivity index (χ4v) is 7.27. The largest absolute Gasteiger partial charge is 0.313 e. The van der Waals surface area contributed by atoms with Gasteiger partial charge in [0, 0.05) is 33.1 Å². The predicted molar refractivity (Wildman–Crippen MR) is 202 cm³/mol. The van der Waals surface area contributed by atoms with Gasteiger partial charge in [-0.2, -0.15) is 5.10 Å². The molecule has 0 bridgehead atoms. The molecule has 4 nitrogen and oxygen atoms in total. The molecule has 2 aromatic heterocycles. The molecule has 2 heterocycles. The molecule has 230 valence electrons. The van der Waals surface area contributed by atoms with Gasteiger partial charge in [0.1, 0.15) is 6.34 Å². The minimum Gasteiger partial charge on any atom is -0.313 e. The highest BCUT2D eigenvalue weighted by molar-refractivity contribution is 6.13. The Labute approximate surface area is 279 Å². The van der Waals surface area contributed by atoms with E-state index in [1.54, 1.807) is 0 Å². The number of para-hydroxylation sites is 1. The predicted octanol–water partition coefficient (Wildman–Crippen LogP) is 10.6. The number of benzene rings is 6. The van der Waals surface area contributed by atoms with Gasteiger partial charge in [0.05, 0.1) is 23.1 Å². The number of nitrogens with zero attached hydrogens (tertiary/aromatic N) is 3. The lowest BCUT2D eigenvalue weighted by atomic mass is 9.97. The van der Waals surface area contributed by atoms with E-state index in [1.165, 1.54) is 66.4 Å². The topological polar surface area (TPSA) is 34.2 Å². The Bertz CT molecular complexity index is 2480. The van der Waals surface area contributed by atoms with E-state index in [2.05, 4.69) is 171 Å². The highest BCUT2D eigenvalue weighted by Crippen LogP contribution is 2.38. The van der Waals surface area contributed by atoms with Gasteiger partial charge in [0.2, 0.25) is 0 Å². The van der Waals surface area contributed by atoms with E-state index in [1.807, 2.05) is 12.4 Å². The highest BCUT2D eigenvalue weighted by Gasteiger charge is 2.19. The molecule has 1 aliphatic rings. The summed E-state index contributed by atoms with van der Waals surface area (Å²) in [6.07, 6.45) is 8.65. The number of rotatable bonds is 7. The monoisotopic (exact) mass is 618 g/mol. The Balaban J connectivity index is 1.17. The fraction of sp³-hybridized carbons (Fsp3) is 0.0682. The molecule has 1 N–H and O–H groups in total. The first-order valence-electron chi connectivity index (χ1n) is 16.6. The lowest BCUT2D eigenvalue weighted by Gasteiger charge is -2.13. The van der Waals surface area contributed by atoms with E-state index in [-0.39, 0.29) is 0 Å². The molecule has 4 heteroatoms. The molecule has 0 radical (unpaired) electrons. The van der Waals surface area contributed by atoms with Crippen molar-refractivity contribution in [1.29, 1.82) is 0 Å². The van der Waals surface area contributed by atoms with Crippen LogP contribution in [0.5, 0.6) is 0 Å². The molecule has 8 aromatic rings. The average Bonchev–Trinajstić information content (AvgIpc) is 3.66. The van der Waals surface area contributed by atoms with Crippen LogP contribution in [0.25, 0.3) is 66.7 Å². The van der Waals surface area contributed by atoms with Crippen LogP contribution in [-0.2, 0) is 13.0 Å². The molecule has 48 heavy (non-hydrogen) atoms. The molecule has 0 saturated heterocycles. The highest BCUT2D eigenvalue weighted by atomic mass is 15.3. The summed E-state index contributed by atoms with van der Waals surface area (Å²) in [6, 6.07) is 52.3. The number of fused-ring (bicyclic) bond motifs is 6. The number of hydrogen-bond acceptors (Lipinski definition) is 2. The van der Waals surface area contributed by atoms with Crippen LogP contribution in [0.2, 0.25) is 0 Å². The first-order valence-corrected chi connectivity index (χ1v) is 16.6. The maximum absolute atomic E-state index is 4.65. The summed E-state index contributed by atoms with van der Waals surface area (Å²) in [5, 5.41) is 8.37. The molecule has 0 amide bonds. The lowest BCUT2D eigenvalue weighted by Crippen LogP contribution is -2.07. The molecule has 0 unspecified atom stereocenters. The summed E-state index contributed by atoms with van der Waals surface area (Å²) in [5.41, 5.74) is 16.7. The van der Waals surface area contributed by atoms with E-state index in [0.29, 0.717) is 6.54 Å². The zero-order valence-corrected chi connectivity index (χ0v) is 26.6. The Morgan fingerprint density at radius 3 is 1.85 bits per heavy atom. The second kappa shape index (κ2) is 11.9. The number of aromatic nitrogens is 2. The minimum atomic E-state index is 0.671. The summed E-state index contributed by atoms with van der Waals surface area (Å²) in [7, 11) is 0.